The van der Waals surface area contributed by atoms with Gasteiger partial charge in [0.2, 0.25) is 0 Å². The van der Waals surface area contributed by atoms with Crippen molar-refractivity contribution >= 4 is 17.6 Å². The minimum atomic E-state index is -0.507. The van der Waals surface area contributed by atoms with Gasteiger partial charge in [0.05, 0.1) is 30.1 Å². The minimum absolute atomic E-state index is 0.0490. The van der Waals surface area contributed by atoms with Crippen LogP contribution in [0.3, 0.4) is 0 Å². The van der Waals surface area contributed by atoms with Gasteiger partial charge in [-0.2, -0.15) is 5.10 Å². The first-order valence-corrected chi connectivity index (χ1v) is 9.33. The highest BCUT2D eigenvalue weighted by Crippen LogP contribution is 2.30. The maximum Gasteiger partial charge on any atom is 0.358 e. The van der Waals surface area contributed by atoms with E-state index in [1.807, 2.05) is 42.5 Å². The number of aromatic nitrogens is 2. The Balaban J connectivity index is 2.07. The summed E-state index contributed by atoms with van der Waals surface area (Å²) in [5.74, 6) is 0.242. The Kier molecular flexibility index (Phi) is 5.75. The molecule has 0 fully saturated rings. The molecule has 2 aromatic carbocycles. The number of carbonyl (C=O) groups excluding carboxylic acids is 1. The normalized spacial score (nSPS) is 11.3. The first kappa shape index (κ1) is 20.0. The van der Waals surface area contributed by atoms with Crippen molar-refractivity contribution in [2.75, 3.05) is 13.7 Å². The zero-order chi connectivity index (χ0) is 20.3. The lowest BCUT2D eigenvalue weighted by atomic mass is 9.99. The van der Waals surface area contributed by atoms with Crippen molar-refractivity contribution in [1.82, 2.24) is 9.78 Å². The minimum Gasteiger partial charge on any atom is -0.493 e. The summed E-state index contributed by atoms with van der Waals surface area (Å²) >= 11 is 6.37. The van der Waals surface area contributed by atoms with Crippen molar-refractivity contribution in [2.45, 2.75) is 20.8 Å². The molecule has 0 spiro atoms. The number of carbonyl (C=O) groups is 1. The maximum absolute atomic E-state index is 12.1. The van der Waals surface area contributed by atoms with Crippen LogP contribution in [0, 0.1) is 5.41 Å². The van der Waals surface area contributed by atoms with Crippen LogP contribution in [0.4, 0.5) is 0 Å². The summed E-state index contributed by atoms with van der Waals surface area (Å²) in [6.45, 7) is 6.94. The molecule has 0 bridgehead atoms. The molecule has 0 amide bonds. The molecular formula is C22H23ClN2O3. The van der Waals surface area contributed by atoms with Gasteiger partial charge in [-0.1, -0.05) is 56.6 Å². The monoisotopic (exact) mass is 398 g/mol. The molecule has 3 aromatic rings. The van der Waals surface area contributed by atoms with Crippen molar-refractivity contribution in [1.29, 1.82) is 0 Å². The fraction of sp³-hybridized carbons (Fsp3) is 0.273. The Morgan fingerprint density at radius 3 is 2.54 bits per heavy atom. The van der Waals surface area contributed by atoms with E-state index in [9.17, 15) is 4.79 Å². The average molecular weight is 399 g/mol. The van der Waals surface area contributed by atoms with Crippen LogP contribution in [0.1, 0.15) is 31.3 Å². The third-order valence-electron chi connectivity index (χ3n) is 3.99. The van der Waals surface area contributed by atoms with Crippen LogP contribution in [0.15, 0.2) is 54.6 Å². The van der Waals surface area contributed by atoms with Gasteiger partial charge in [0, 0.05) is 5.56 Å². The van der Waals surface area contributed by atoms with Crippen LogP contribution in [0.2, 0.25) is 5.02 Å². The third-order valence-corrected chi connectivity index (χ3v) is 4.31. The Morgan fingerprint density at radius 2 is 1.86 bits per heavy atom. The van der Waals surface area contributed by atoms with Crippen molar-refractivity contribution in [2.24, 2.45) is 5.41 Å². The fourth-order valence-corrected chi connectivity index (χ4v) is 2.86. The Bertz CT molecular complexity index is 989. The number of halogens is 1. The average Bonchev–Trinajstić information content (AvgIpc) is 3.11. The first-order valence-electron chi connectivity index (χ1n) is 8.95. The molecule has 28 heavy (non-hydrogen) atoms. The summed E-state index contributed by atoms with van der Waals surface area (Å²) in [5, 5.41) is 4.95. The van der Waals surface area contributed by atoms with Crippen LogP contribution in [0.5, 0.6) is 5.75 Å². The topological polar surface area (TPSA) is 53.4 Å². The number of methoxy groups -OCH3 is 1. The number of hydrogen-bond donors (Lipinski definition) is 0. The first-order chi connectivity index (χ1) is 13.3. The van der Waals surface area contributed by atoms with E-state index >= 15 is 0 Å². The van der Waals surface area contributed by atoms with Gasteiger partial charge in [-0.25, -0.2) is 9.48 Å². The molecule has 5 nitrogen and oxygen atoms in total. The van der Waals surface area contributed by atoms with E-state index in [0.717, 1.165) is 17.0 Å². The molecule has 0 saturated carbocycles. The molecule has 0 saturated heterocycles. The molecular weight excluding hydrogens is 376 g/mol. The zero-order valence-corrected chi connectivity index (χ0v) is 17.2. The molecule has 0 N–H and O–H groups in total. The highest BCUT2D eigenvalue weighted by molar-refractivity contribution is 6.32. The summed E-state index contributed by atoms with van der Waals surface area (Å²) < 4.78 is 12.4. The summed E-state index contributed by atoms with van der Waals surface area (Å²) in [6, 6.07) is 16.7. The van der Waals surface area contributed by atoms with Gasteiger partial charge in [0.25, 0.3) is 0 Å². The molecule has 146 valence electrons. The van der Waals surface area contributed by atoms with Gasteiger partial charge in [0.15, 0.2) is 5.69 Å². The number of benzene rings is 2. The van der Waals surface area contributed by atoms with Crippen LogP contribution in [0.25, 0.3) is 16.9 Å². The molecule has 0 radical (unpaired) electrons. The molecule has 1 aromatic heterocycles. The Hall–Kier alpha value is -2.79. The van der Waals surface area contributed by atoms with Gasteiger partial charge in [-0.3, -0.25) is 0 Å². The molecule has 0 aliphatic heterocycles. The number of ether oxygens (including phenoxy) is 2. The van der Waals surface area contributed by atoms with E-state index in [-0.39, 0.29) is 11.1 Å². The van der Waals surface area contributed by atoms with Gasteiger partial charge >= 0.3 is 5.97 Å². The van der Waals surface area contributed by atoms with Gasteiger partial charge < -0.3 is 9.47 Å². The van der Waals surface area contributed by atoms with Crippen LogP contribution in [-0.4, -0.2) is 29.5 Å². The molecule has 3 rings (SSSR count). The van der Waals surface area contributed by atoms with Crippen LogP contribution < -0.4 is 4.74 Å². The highest BCUT2D eigenvalue weighted by Gasteiger charge is 2.19. The summed E-state index contributed by atoms with van der Waals surface area (Å²) in [6.07, 6.45) is 0. The smallest absolute Gasteiger partial charge is 0.358 e. The number of esters is 1. The maximum atomic E-state index is 12.1. The van der Waals surface area contributed by atoms with Crippen molar-refractivity contribution < 1.29 is 14.3 Å². The van der Waals surface area contributed by atoms with Crippen molar-refractivity contribution in [3.63, 3.8) is 0 Å². The zero-order valence-electron chi connectivity index (χ0n) is 16.4. The summed E-state index contributed by atoms with van der Waals surface area (Å²) in [5.41, 5.74) is 2.50. The molecule has 0 aliphatic rings. The van der Waals surface area contributed by atoms with E-state index in [1.54, 1.807) is 16.8 Å². The quantitative estimate of drug-likeness (QED) is 0.539. The molecule has 6 heteroatoms. The van der Waals surface area contributed by atoms with Gasteiger partial charge in [-0.15, -0.1) is 0 Å². The largest absolute Gasteiger partial charge is 0.493 e. The molecule has 0 atom stereocenters. The third kappa shape index (κ3) is 4.54. The second kappa shape index (κ2) is 8.07. The second-order valence-corrected chi connectivity index (χ2v) is 8.05. The van der Waals surface area contributed by atoms with E-state index < -0.39 is 5.97 Å². The number of para-hydroxylation sites is 1. The van der Waals surface area contributed by atoms with Crippen LogP contribution >= 0.6 is 11.6 Å². The predicted molar refractivity (Wildman–Crippen MR) is 110 cm³/mol. The standard InChI is InChI=1S/C22H23ClN2O3/c1-22(2,3)14-28-16-9-7-8-15(12-16)20-13-18(21(26)27-4)24-25(20)19-11-6-5-10-17(19)23/h5-13H,14H2,1-4H3. The lowest BCUT2D eigenvalue weighted by molar-refractivity contribution is 0.0593. The molecule has 0 aliphatic carbocycles. The Labute approximate surface area is 169 Å². The SMILES string of the molecule is COC(=O)c1cc(-c2cccc(OCC(C)(C)C)c2)n(-c2ccccc2Cl)n1. The molecule has 0 unspecified atom stereocenters. The van der Waals surface area contributed by atoms with E-state index in [1.165, 1.54) is 7.11 Å². The van der Waals surface area contributed by atoms with E-state index in [0.29, 0.717) is 17.3 Å². The van der Waals surface area contributed by atoms with Gasteiger partial charge in [-0.05, 0) is 35.7 Å². The Morgan fingerprint density at radius 1 is 1.11 bits per heavy atom. The number of hydrogen-bond acceptors (Lipinski definition) is 4. The number of nitrogens with zero attached hydrogens (tertiary/aromatic N) is 2. The lowest BCUT2D eigenvalue weighted by Gasteiger charge is -2.19. The van der Waals surface area contributed by atoms with Crippen molar-refractivity contribution in [3.8, 4) is 22.7 Å². The highest BCUT2D eigenvalue weighted by atomic mass is 35.5. The van der Waals surface area contributed by atoms with Crippen molar-refractivity contribution in [3.05, 3.63) is 65.3 Å². The second-order valence-electron chi connectivity index (χ2n) is 7.65. The summed E-state index contributed by atoms with van der Waals surface area (Å²) in [7, 11) is 1.33. The van der Waals surface area contributed by atoms with E-state index in [2.05, 4.69) is 25.9 Å². The number of rotatable bonds is 5. The molecule has 1 heterocycles. The van der Waals surface area contributed by atoms with E-state index in [4.69, 9.17) is 21.1 Å². The van der Waals surface area contributed by atoms with Crippen LogP contribution in [-0.2, 0) is 4.74 Å². The predicted octanol–water partition coefficient (Wildman–Crippen LogP) is 5.40. The van der Waals surface area contributed by atoms with Gasteiger partial charge in [0.1, 0.15) is 5.75 Å². The summed E-state index contributed by atoms with van der Waals surface area (Å²) in [4.78, 5) is 12.1. The lowest BCUT2D eigenvalue weighted by Crippen LogP contribution is -2.16. The fourth-order valence-electron chi connectivity index (χ4n) is 2.64.